The van der Waals surface area contributed by atoms with Crippen LogP contribution in [0, 0.1) is 5.41 Å². The Morgan fingerprint density at radius 3 is 2.00 bits per heavy atom. The van der Waals surface area contributed by atoms with Crippen LogP contribution in [-0.2, 0) is 0 Å². The van der Waals surface area contributed by atoms with Crippen LogP contribution in [0.1, 0.15) is 54.4 Å². The zero-order chi connectivity index (χ0) is 10.5. The van der Waals surface area contributed by atoms with Crippen molar-refractivity contribution in [2.75, 3.05) is 0 Å². The largest absolute Gasteiger partial charge is 0.0845 e. The molecule has 0 saturated carbocycles. The van der Waals surface area contributed by atoms with Crippen LogP contribution in [0.5, 0.6) is 0 Å². The molecular weight excluding hydrogens is 156 g/mol. The molecule has 0 atom stereocenters. The van der Waals surface area contributed by atoms with Crippen molar-refractivity contribution in [2.24, 2.45) is 5.41 Å². The van der Waals surface area contributed by atoms with E-state index in [0.717, 1.165) is 12.8 Å². The van der Waals surface area contributed by atoms with Crippen molar-refractivity contribution in [3.63, 3.8) is 0 Å². The molecule has 0 aliphatic heterocycles. The van der Waals surface area contributed by atoms with E-state index in [-0.39, 0.29) is 5.41 Å². The fraction of sp³-hybridized carbons (Fsp3) is 0.692. The van der Waals surface area contributed by atoms with E-state index >= 15 is 0 Å². The van der Waals surface area contributed by atoms with E-state index in [0.29, 0.717) is 0 Å². The Morgan fingerprint density at radius 1 is 1.15 bits per heavy atom. The van der Waals surface area contributed by atoms with E-state index in [9.17, 15) is 0 Å². The molecule has 0 fully saturated rings. The van der Waals surface area contributed by atoms with E-state index in [4.69, 9.17) is 0 Å². The van der Waals surface area contributed by atoms with Gasteiger partial charge in [0.1, 0.15) is 0 Å². The van der Waals surface area contributed by atoms with Gasteiger partial charge in [-0.1, -0.05) is 52.3 Å². The van der Waals surface area contributed by atoms with Gasteiger partial charge in [-0.05, 0) is 30.8 Å². The number of allylic oxidation sites excluding steroid dienone is 4. The SMILES string of the molecule is CC/C=C/C(=C(\C)CC)C(C)(C)C. The highest BCUT2D eigenvalue weighted by Crippen LogP contribution is 2.30. The predicted octanol–water partition coefficient (Wildman–Crippen LogP) is 4.73. The average Bonchev–Trinajstić information content (AvgIpc) is 2.02. The summed E-state index contributed by atoms with van der Waals surface area (Å²) in [6.45, 7) is 13.5. The number of hydrogen-bond acceptors (Lipinski definition) is 0. The first kappa shape index (κ1) is 12.5. The normalized spacial score (nSPS) is 14.9. The van der Waals surface area contributed by atoms with Gasteiger partial charge in [-0.15, -0.1) is 0 Å². The molecule has 0 rings (SSSR count). The molecule has 0 aliphatic rings. The van der Waals surface area contributed by atoms with Gasteiger partial charge in [-0.3, -0.25) is 0 Å². The van der Waals surface area contributed by atoms with Crippen LogP contribution in [0.3, 0.4) is 0 Å². The van der Waals surface area contributed by atoms with E-state index in [1.54, 1.807) is 0 Å². The van der Waals surface area contributed by atoms with E-state index < -0.39 is 0 Å². The van der Waals surface area contributed by atoms with Gasteiger partial charge in [0.15, 0.2) is 0 Å². The molecule has 0 unspecified atom stereocenters. The molecule has 0 aliphatic carbocycles. The highest BCUT2D eigenvalue weighted by Gasteiger charge is 2.15. The lowest BCUT2D eigenvalue weighted by Gasteiger charge is -2.23. The molecule has 0 saturated heterocycles. The number of hydrogen-bond donors (Lipinski definition) is 0. The molecule has 0 N–H and O–H groups in total. The van der Waals surface area contributed by atoms with Gasteiger partial charge in [-0.25, -0.2) is 0 Å². The highest BCUT2D eigenvalue weighted by atomic mass is 14.2. The van der Waals surface area contributed by atoms with Crippen LogP contribution in [0.15, 0.2) is 23.3 Å². The molecule has 0 bridgehead atoms. The minimum atomic E-state index is 0.283. The molecule has 0 aromatic rings. The van der Waals surface area contributed by atoms with Crippen LogP contribution in [0.2, 0.25) is 0 Å². The second-order valence-corrected chi connectivity index (χ2v) is 4.61. The maximum absolute atomic E-state index is 2.29. The molecule has 76 valence electrons. The van der Waals surface area contributed by atoms with Crippen molar-refractivity contribution in [1.29, 1.82) is 0 Å². The summed E-state index contributed by atoms with van der Waals surface area (Å²) < 4.78 is 0. The smallest absolute Gasteiger partial charge is 0.0133 e. The number of rotatable bonds is 3. The third-order valence-corrected chi connectivity index (χ3v) is 2.32. The molecule has 0 aromatic heterocycles. The van der Waals surface area contributed by atoms with Crippen LogP contribution >= 0.6 is 0 Å². The maximum atomic E-state index is 2.29. The third-order valence-electron chi connectivity index (χ3n) is 2.32. The first-order valence-corrected chi connectivity index (χ1v) is 5.30. The Balaban J connectivity index is 4.88. The van der Waals surface area contributed by atoms with Gasteiger partial charge < -0.3 is 0 Å². The molecule has 13 heavy (non-hydrogen) atoms. The highest BCUT2D eigenvalue weighted by molar-refractivity contribution is 5.29. The van der Waals surface area contributed by atoms with Crippen molar-refractivity contribution >= 4 is 0 Å². The Hall–Kier alpha value is -0.520. The van der Waals surface area contributed by atoms with Crippen LogP contribution in [0.4, 0.5) is 0 Å². The van der Waals surface area contributed by atoms with E-state index in [1.165, 1.54) is 11.1 Å². The lowest BCUT2D eigenvalue weighted by molar-refractivity contribution is 0.509. The molecule has 0 heteroatoms. The fourth-order valence-corrected chi connectivity index (χ4v) is 1.46. The van der Waals surface area contributed by atoms with Crippen LogP contribution < -0.4 is 0 Å². The second kappa shape index (κ2) is 5.26. The summed E-state index contributed by atoms with van der Waals surface area (Å²) in [4.78, 5) is 0. The maximum Gasteiger partial charge on any atom is -0.0133 e. The summed E-state index contributed by atoms with van der Waals surface area (Å²) >= 11 is 0. The molecule has 0 spiro atoms. The first-order chi connectivity index (χ1) is 5.93. The minimum absolute atomic E-state index is 0.283. The molecule has 0 radical (unpaired) electrons. The third kappa shape index (κ3) is 4.31. The lowest BCUT2D eigenvalue weighted by atomic mass is 9.82. The van der Waals surface area contributed by atoms with Gasteiger partial charge >= 0.3 is 0 Å². The lowest BCUT2D eigenvalue weighted by Crippen LogP contribution is -2.09. The summed E-state index contributed by atoms with van der Waals surface area (Å²) in [6, 6.07) is 0. The Labute approximate surface area is 83.7 Å². The van der Waals surface area contributed by atoms with Crippen LogP contribution in [-0.4, -0.2) is 0 Å². The van der Waals surface area contributed by atoms with Gasteiger partial charge in [0.2, 0.25) is 0 Å². The van der Waals surface area contributed by atoms with Gasteiger partial charge in [0.05, 0.1) is 0 Å². The molecule has 0 amide bonds. The Bertz CT molecular complexity index is 199. The Morgan fingerprint density at radius 2 is 1.69 bits per heavy atom. The van der Waals surface area contributed by atoms with Gasteiger partial charge in [0.25, 0.3) is 0 Å². The van der Waals surface area contributed by atoms with Crippen molar-refractivity contribution in [2.45, 2.75) is 54.4 Å². The zero-order valence-corrected chi connectivity index (χ0v) is 10.1. The average molecular weight is 180 g/mol. The van der Waals surface area contributed by atoms with Crippen molar-refractivity contribution < 1.29 is 0 Å². The van der Waals surface area contributed by atoms with E-state index in [2.05, 4.69) is 53.7 Å². The van der Waals surface area contributed by atoms with Crippen molar-refractivity contribution in [3.05, 3.63) is 23.3 Å². The zero-order valence-electron chi connectivity index (χ0n) is 10.1. The predicted molar refractivity (Wildman–Crippen MR) is 61.9 cm³/mol. The summed E-state index contributed by atoms with van der Waals surface area (Å²) in [5.74, 6) is 0. The second-order valence-electron chi connectivity index (χ2n) is 4.61. The summed E-state index contributed by atoms with van der Waals surface area (Å²) in [5, 5.41) is 0. The van der Waals surface area contributed by atoms with Gasteiger partial charge in [-0.2, -0.15) is 0 Å². The fourth-order valence-electron chi connectivity index (χ4n) is 1.46. The molecule has 0 nitrogen and oxygen atoms in total. The summed E-state index contributed by atoms with van der Waals surface area (Å²) in [6.07, 6.45) is 6.82. The summed E-state index contributed by atoms with van der Waals surface area (Å²) in [5.41, 5.74) is 3.29. The Kier molecular flexibility index (Phi) is 5.05. The van der Waals surface area contributed by atoms with Gasteiger partial charge in [0, 0.05) is 0 Å². The van der Waals surface area contributed by atoms with Crippen molar-refractivity contribution in [1.82, 2.24) is 0 Å². The van der Waals surface area contributed by atoms with Crippen LogP contribution in [0.25, 0.3) is 0 Å². The van der Waals surface area contributed by atoms with E-state index in [1.807, 2.05) is 0 Å². The molecular formula is C13H24. The standard InChI is InChI=1S/C13H24/c1-7-9-10-12(11(3)8-2)13(4,5)6/h9-10H,7-8H2,1-6H3/b10-9+,12-11-. The first-order valence-electron chi connectivity index (χ1n) is 5.30. The topological polar surface area (TPSA) is 0 Å². The summed E-state index contributed by atoms with van der Waals surface area (Å²) in [7, 11) is 0. The molecule has 0 heterocycles. The monoisotopic (exact) mass is 180 g/mol. The van der Waals surface area contributed by atoms with Crippen molar-refractivity contribution in [3.8, 4) is 0 Å². The minimum Gasteiger partial charge on any atom is -0.0845 e. The quantitative estimate of drug-likeness (QED) is 0.551. The molecule has 0 aromatic carbocycles.